The molecule has 4 nitrogen and oxygen atoms in total. The van der Waals surface area contributed by atoms with E-state index in [1.54, 1.807) is 11.8 Å². The largest absolute Gasteiger partial charge is 0.396 e. The highest BCUT2D eigenvalue weighted by molar-refractivity contribution is 7.99. The SMILES string of the molecule is Cc1ccc(SCCNC(=O)CN2CCCC(CO)C2)cc1. The molecule has 1 aromatic rings. The third-order valence-corrected chi connectivity index (χ3v) is 4.96. The van der Waals surface area contributed by atoms with Crippen LogP contribution >= 0.6 is 11.8 Å². The van der Waals surface area contributed by atoms with E-state index in [0.717, 1.165) is 31.7 Å². The summed E-state index contributed by atoms with van der Waals surface area (Å²) in [6.45, 7) is 5.24. The fraction of sp³-hybridized carbons (Fsp3) is 0.588. The molecule has 0 saturated carbocycles. The highest BCUT2D eigenvalue weighted by Gasteiger charge is 2.20. The first kappa shape index (κ1) is 17.3. The number of carbonyl (C=O) groups is 1. The maximum absolute atomic E-state index is 11.9. The van der Waals surface area contributed by atoms with Gasteiger partial charge in [0.2, 0.25) is 5.91 Å². The van der Waals surface area contributed by atoms with Crippen molar-refractivity contribution in [2.75, 3.05) is 38.5 Å². The molecule has 1 fully saturated rings. The second-order valence-corrected chi connectivity index (χ2v) is 7.11. The quantitative estimate of drug-likeness (QED) is 0.595. The molecule has 1 aliphatic heterocycles. The maximum Gasteiger partial charge on any atom is 0.234 e. The predicted molar refractivity (Wildman–Crippen MR) is 91.2 cm³/mol. The van der Waals surface area contributed by atoms with Gasteiger partial charge in [0.15, 0.2) is 0 Å². The lowest BCUT2D eigenvalue weighted by atomic mass is 9.99. The Morgan fingerprint density at radius 3 is 2.91 bits per heavy atom. The Morgan fingerprint density at radius 2 is 2.18 bits per heavy atom. The van der Waals surface area contributed by atoms with Crippen LogP contribution in [-0.4, -0.2) is 54.5 Å². The van der Waals surface area contributed by atoms with E-state index in [1.165, 1.54) is 10.5 Å². The molecule has 1 amide bonds. The van der Waals surface area contributed by atoms with E-state index in [4.69, 9.17) is 0 Å². The summed E-state index contributed by atoms with van der Waals surface area (Å²) >= 11 is 1.76. The van der Waals surface area contributed by atoms with Crippen molar-refractivity contribution < 1.29 is 9.90 Å². The van der Waals surface area contributed by atoms with Crippen LogP contribution in [0.1, 0.15) is 18.4 Å². The van der Waals surface area contributed by atoms with E-state index >= 15 is 0 Å². The van der Waals surface area contributed by atoms with Gasteiger partial charge in [-0.1, -0.05) is 17.7 Å². The van der Waals surface area contributed by atoms with E-state index in [1.807, 2.05) is 0 Å². The van der Waals surface area contributed by atoms with Crippen LogP contribution in [0.4, 0.5) is 0 Å². The number of benzene rings is 1. The minimum atomic E-state index is 0.0862. The number of aliphatic hydroxyl groups is 1. The number of rotatable bonds is 7. The smallest absolute Gasteiger partial charge is 0.234 e. The zero-order valence-corrected chi connectivity index (χ0v) is 14.1. The summed E-state index contributed by atoms with van der Waals surface area (Å²) in [6, 6.07) is 8.44. The van der Waals surface area contributed by atoms with Gasteiger partial charge in [-0.15, -0.1) is 11.8 Å². The molecule has 1 unspecified atom stereocenters. The maximum atomic E-state index is 11.9. The predicted octanol–water partition coefficient (Wildman–Crippen LogP) is 1.91. The van der Waals surface area contributed by atoms with E-state index in [0.29, 0.717) is 19.0 Å². The van der Waals surface area contributed by atoms with Gasteiger partial charge < -0.3 is 10.4 Å². The molecular weight excluding hydrogens is 296 g/mol. The van der Waals surface area contributed by atoms with Crippen molar-refractivity contribution in [2.24, 2.45) is 5.92 Å². The molecule has 0 bridgehead atoms. The highest BCUT2D eigenvalue weighted by atomic mass is 32.2. The summed E-state index contributed by atoms with van der Waals surface area (Å²) in [5.41, 5.74) is 1.26. The molecule has 1 aliphatic rings. The van der Waals surface area contributed by atoms with Crippen LogP contribution in [0.3, 0.4) is 0 Å². The van der Waals surface area contributed by atoms with Crippen LogP contribution in [0.5, 0.6) is 0 Å². The van der Waals surface area contributed by atoms with Crippen molar-refractivity contribution in [3.05, 3.63) is 29.8 Å². The Labute approximate surface area is 137 Å². The first-order valence-corrected chi connectivity index (χ1v) is 8.95. The van der Waals surface area contributed by atoms with Crippen LogP contribution in [-0.2, 0) is 4.79 Å². The number of amides is 1. The number of aryl methyl sites for hydroxylation is 1. The molecule has 1 heterocycles. The average molecular weight is 322 g/mol. The van der Waals surface area contributed by atoms with Crippen molar-refractivity contribution in [1.29, 1.82) is 0 Å². The van der Waals surface area contributed by atoms with Crippen molar-refractivity contribution in [3.63, 3.8) is 0 Å². The van der Waals surface area contributed by atoms with Crippen LogP contribution < -0.4 is 5.32 Å². The molecule has 0 spiro atoms. The van der Waals surface area contributed by atoms with Crippen LogP contribution in [0, 0.1) is 12.8 Å². The number of nitrogens with one attached hydrogen (secondary N) is 1. The lowest BCUT2D eigenvalue weighted by Crippen LogP contribution is -2.43. The van der Waals surface area contributed by atoms with Crippen molar-refractivity contribution in [2.45, 2.75) is 24.7 Å². The summed E-state index contributed by atoms with van der Waals surface area (Å²) in [6.07, 6.45) is 2.14. The summed E-state index contributed by atoms with van der Waals surface area (Å²) < 4.78 is 0. The van der Waals surface area contributed by atoms with Crippen molar-refractivity contribution >= 4 is 17.7 Å². The van der Waals surface area contributed by atoms with Gasteiger partial charge in [-0.05, 0) is 44.4 Å². The van der Waals surface area contributed by atoms with Gasteiger partial charge in [0.1, 0.15) is 0 Å². The van der Waals surface area contributed by atoms with Gasteiger partial charge in [0, 0.05) is 30.3 Å². The van der Waals surface area contributed by atoms with E-state index in [2.05, 4.69) is 41.4 Å². The molecule has 122 valence electrons. The molecule has 0 radical (unpaired) electrons. The summed E-state index contributed by atoms with van der Waals surface area (Å²) in [5, 5.41) is 12.2. The number of hydrogen-bond donors (Lipinski definition) is 2. The molecule has 5 heteroatoms. The summed E-state index contributed by atoms with van der Waals surface area (Å²) in [5.74, 6) is 1.30. The zero-order valence-electron chi connectivity index (χ0n) is 13.3. The third kappa shape index (κ3) is 5.99. The van der Waals surface area contributed by atoms with Gasteiger partial charge in [0.05, 0.1) is 6.54 Å². The second-order valence-electron chi connectivity index (χ2n) is 5.94. The third-order valence-electron chi connectivity index (χ3n) is 3.94. The number of piperidine rings is 1. The molecule has 1 saturated heterocycles. The summed E-state index contributed by atoms with van der Waals surface area (Å²) in [4.78, 5) is 15.3. The van der Waals surface area contributed by atoms with E-state index in [9.17, 15) is 9.90 Å². The number of aliphatic hydroxyl groups excluding tert-OH is 1. The lowest BCUT2D eigenvalue weighted by molar-refractivity contribution is -0.122. The molecule has 1 aromatic carbocycles. The second kappa shape index (κ2) is 9.18. The van der Waals surface area contributed by atoms with Gasteiger partial charge >= 0.3 is 0 Å². The fourth-order valence-electron chi connectivity index (χ4n) is 2.70. The molecular formula is C17H26N2O2S. The number of thioether (sulfide) groups is 1. The number of nitrogens with zero attached hydrogens (tertiary/aromatic N) is 1. The van der Waals surface area contributed by atoms with Gasteiger partial charge in [-0.25, -0.2) is 0 Å². The standard InChI is InChI=1S/C17H26N2O2S/c1-14-4-6-16(7-5-14)22-10-8-18-17(21)12-19-9-2-3-15(11-19)13-20/h4-7,15,20H,2-3,8-13H2,1H3,(H,18,21). The van der Waals surface area contributed by atoms with Crippen molar-refractivity contribution in [3.8, 4) is 0 Å². The van der Waals surface area contributed by atoms with Gasteiger partial charge in [0.25, 0.3) is 0 Å². The van der Waals surface area contributed by atoms with E-state index in [-0.39, 0.29) is 12.5 Å². The topological polar surface area (TPSA) is 52.6 Å². The zero-order chi connectivity index (χ0) is 15.8. The minimum absolute atomic E-state index is 0.0862. The fourth-order valence-corrected chi connectivity index (χ4v) is 3.47. The first-order valence-electron chi connectivity index (χ1n) is 7.97. The Kier molecular flexibility index (Phi) is 7.22. The lowest BCUT2D eigenvalue weighted by Gasteiger charge is -2.31. The van der Waals surface area contributed by atoms with Crippen LogP contribution in [0.2, 0.25) is 0 Å². The highest BCUT2D eigenvalue weighted by Crippen LogP contribution is 2.17. The molecule has 2 rings (SSSR count). The number of likely N-dealkylation sites (tertiary alicyclic amines) is 1. The number of carbonyl (C=O) groups excluding carboxylic acids is 1. The Hall–Kier alpha value is -1.04. The number of hydrogen-bond acceptors (Lipinski definition) is 4. The van der Waals surface area contributed by atoms with Crippen LogP contribution in [0.15, 0.2) is 29.2 Å². The Balaban J connectivity index is 1.60. The van der Waals surface area contributed by atoms with E-state index < -0.39 is 0 Å². The minimum Gasteiger partial charge on any atom is -0.396 e. The average Bonchev–Trinajstić information content (AvgIpc) is 2.53. The molecule has 2 N–H and O–H groups in total. The van der Waals surface area contributed by atoms with Gasteiger partial charge in [-0.3, -0.25) is 9.69 Å². The normalized spacial score (nSPS) is 19.1. The van der Waals surface area contributed by atoms with Crippen molar-refractivity contribution in [1.82, 2.24) is 10.2 Å². The van der Waals surface area contributed by atoms with Gasteiger partial charge in [-0.2, -0.15) is 0 Å². The summed E-state index contributed by atoms with van der Waals surface area (Å²) in [7, 11) is 0. The molecule has 0 aliphatic carbocycles. The molecule has 0 aromatic heterocycles. The monoisotopic (exact) mass is 322 g/mol. The molecule has 1 atom stereocenters. The Bertz CT molecular complexity index is 464. The Morgan fingerprint density at radius 1 is 1.41 bits per heavy atom. The van der Waals surface area contributed by atoms with Crippen LogP contribution in [0.25, 0.3) is 0 Å². The first-order chi connectivity index (χ1) is 10.7. The molecule has 22 heavy (non-hydrogen) atoms.